The van der Waals surface area contributed by atoms with Crippen LogP contribution in [0.5, 0.6) is 0 Å². The Morgan fingerprint density at radius 3 is 3.00 bits per heavy atom. The molecule has 2 aliphatic rings. The molecule has 0 radical (unpaired) electrons. The number of hydrogen-bond acceptors (Lipinski definition) is 2. The number of rotatable bonds is 0. The van der Waals surface area contributed by atoms with Gasteiger partial charge in [0.2, 0.25) is 5.78 Å². The van der Waals surface area contributed by atoms with E-state index in [9.17, 15) is 9.18 Å². The molecule has 0 aromatic carbocycles. The van der Waals surface area contributed by atoms with Crippen molar-refractivity contribution in [1.82, 2.24) is 5.32 Å². The molecule has 66 valence electrons. The zero-order chi connectivity index (χ0) is 9.42. The molecule has 0 amide bonds. The van der Waals surface area contributed by atoms with E-state index in [0.717, 1.165) is 0 Å². The van der Waals surface area contributed by atoms with E-state index in [1.165, 1.54) is 6.08 Å². The van der Waals surface area contributed by atoms with Crippen molar-refractivity contribution in [2.45, 2.75) is 6.42 Å². The quantitative estimate of drug-likeness (QED) is 0.571. The number of Topliss-reactive ketones (excluding diaryl/α,β-unsaturated/α-hetero) is 1. The van der Waals surface area contributed by atoms with Gasteiger partial charge in [-0.3, -0.25) is 4.79 Å². The van der Waals surface area contributed by atoms with Crippen molar-refractivity contribution >= 4 is 5.78 Å². The monoisotopic (exact) mass is 177 g/mol. The molecule has 1 aliphatic carbocycles. The summed E-state index contributed by atoms with van der Waals surface area (Å²) in [4.78, 5) is 11.4. The second-order valence-corrected chi connectivity index (χ2v) is 2.95. The van der Waals surface area contributed by atoms with Gasteiger partial charge in [-0.25, -0.2) is 4.39 Å². The van der Waals surface area contributed by atoms with E-state index in [2.05, 4.69) is 11.9 Å². The third-order valence-corrected chi connectivity index (χ3v) is 2.03. The van der Waals surface area contributed by atoms with E-state index < -0.39 is 0 Å². The Labute approximate surface area is 75.1 Å². The summed E-state index contributed by atoms with van der Waals surface area (Å²) >= 11 is 0. The lowest BCUT2D eigenvalue weighted by atomic mass is 10.1. The lowest BCUT2D eigenvalue weighted by molar-refractivity contribution is -0.111. The first-order valence-corrected chi connectivity index (χ1v) is 3.96. The maximum atomic E-state index is 12.8. The molecule has 2 rings (SSSR count). The van der Waals surface area contributed by atoms with Gasteiger partial charge in [0.25, 0.3) is 0 Å². The summed E-state index contributed by atoms with van der Waals surface area (Å²) in [6, 6.07) is 0. The molecule has 0 aromatic rings. The average Bonchev–Trinajstić information content (AvgIpc) is 2.28. The van der Waals surface area contributed by atoms with Crippen molar-refractivity contribution in [3.8, 4) is 0 Å². The topological polar surface area (TPSA) is 29.1 Å². The van der Waals surface area contributed by atoms with Crippen LogP contribution in [-0.4, -0.2) is 5.78 Å². The van der Waals surface area contributed by atoms with E-state index >= 15 is 0 Å². The van der Waals surface area contributed by atoms with Crippen molar-refractivity contribution < 1.29 is 9.18 Å². The van der Waals surface area contributed by atoms with Gasteiger partial charge in [-0.2, -0.15) is 0 Å². The molecular weight excluding hydrogens is 169 g/mol. The first-order chi connectivity index (χ1) is 6.18. The van der Waals surface area contributed by atoms with Crippen molar-refractivity contribution in [1.29, 1.82) is 0 Å². The van der Waals surface area contributed by atoms with Gasteiger partial charge in [-0.05, 0) is 12.2 Å². The Bertz CT molecular complexity index is 388. The van der Waals surface area contributed by atoms with Gasteiger partial charge in [0.15, 0.2) is 0 Å². The van der Waals surface area contributed by atoms with Gasteiger partial charge < -0.3 is 5.32 Å². The summed E-state index contributed by atoms with van der Waals surface area (Å²) in [6.07, 6.45) is 4.68. The number of nitrogens with one attached hydrogen (secondary N) is 1. The predicted molar refractivity (Wildman–Crippen MR) is 47.3 cm³/mol. The van der Waals surface area contributed by atoms with Crippen LogP contribution < -0.4 is 5.32 Å². The number of carbonyl (C=O) groups excluding carboxylic acids is 1. The third kappa shape index (κ3) is 1.22. The molecule has 0 unspecified atom stereocenters. The standard InChI is InChI=1S/C10H8FNO/c1-6-10(13)8-4-2-7(11)3-5-9(8)12-6/h3-5,12H,1-2H2. The summed E-state index contributed by atoms with van der Waals surface area (Å²) in [5, 5.41) is 2.80. The Hall–Kier alpha value is -1.64. The van der Waals surface area contributed by atoms with Gasteiger partial charge in [0, 0.05) is 17.7 Å². The van der Waals surface area contributed by atoms with Gasteiger partial charge in [-0.15, -0.1) is 0 Å². The highest BCUT2D eigenvalue weighted by molar-refractivity contribution is 6.14. The summed E-state index contributed by atoms with van der Waals surface area (Å²) in [5.41, 5.74) is 1.52. The second kappa shape index (κ2) is 2.69. The molecule has 2 nitrogen and oxygen atoms in total. The zero-order valence-corrected chi connectivity index (χ0v) is 6.93. The number of allylic oxidation sites excluding steroid dienone is 6. The van der Waals surface area contributed by atoms with Crippen molar-refractivity contribution in [3.05, 3.63) is 47.6 Å². The number of ketones is 1. The van der Waals surface area contributed by atoms with Crippen molar-refractivity contribution in [2.24, 2.45) is 0 Å². The van der Waals surface area contributed by atoms with Gasteiger partial charge in [0.1, 0.15) is 5.83 Å². The highest BCUT2D eigenvalue weighted by Gasteiger charge is 2.26. The molecule has 3 heteroatoms. The van der Waals surface area contributed by atoms with Gasteiger partial charge >= 0.3 is 0 Å². The number of hydrogen-bond donors (Lipinski definition) is 1. The molecule has 0 bridgehead atoms. The fraction of sp³-hybridized carbons (Fsp3) is 0.100. The molecule has 0 aromatic heterocycles. The second-order valence-electron chi connectivity index (χ2n) is 2.95. The molecule has 1 fully saturated rings. The minimum Gasteiger partial charge on any atom is -0.352 e. The minimum absolute atomic E-state index is 0.144. The largest absolute Gasteiger partial charge is 0.352 e. The summed E-state index contributed by atoms with van der Waals surface area (Å²) < 4.78 is 12.8. The first kappa shape index (κ1) is 7.98. The zero-order valence-electron chi connectivity index (χ0n) is 6.93. The van der Waals surface area contributed by atoms with Crippen LogP contribution in [0, 0.1) is 0 Å². The maximum absolute atomic E-state index is 12.8. The third-order valence-electron chi connectivity index (χ3n) is 2.03. The van der Waals surface area contributed by atoms with Crippen LogP contribution in [0.15, 0.2) is 47.6 Å². The lowest BCUT2D eigenvalue weighted by Crippen LogP contribution is -2.03. The minimum atomic E-state index is -0.241. The Kier molecular flexibility index (Phi) is 1.65. The van der Waals surface area contributed by atoms with Crippen LogP contribution in [-0.2, 0) is 4.79 Å². The van der Waals surface area contributed by atoms with Crippen LogP contribution in [0.3, 0.4) is 0 Å². The first-order valence-electron chi connectivity index (χ1n) is 3.96. The molecule has 13 heavy (non-hydrogen) atoms. The predicted octanol–water partition coefficient (Wildman–Crippen LogP) is 1.74. The molecular formula is C10H8FNO. The Morgan fingerprint density at radius 2 is 2.23 bits per heavy atom. The maximum Gasteiger partial charge on any atom is 0.210 e. The lowest BCUT2D eigenvalue weighted by Gasteiger charge is -1.93. The normalized spacial score (nSPS) is 21.2. The smallest absolute Gasteiger partial charge is 0.210 e. The van der Waals surface area contributed by atoms with E-state index in [-0.39, 0.29) is 18.0 Å². The Balaban J connectivity index is 2.47. The van der Waals surface area contributed by atoms with E-state index in [1.807, 2.05) is 0 Å². The molecule has 0 saturated carbocycles. The number of halogens is 1. The van der Waals surface area contributed by atoms with E-state index in [1.54, 1.807) is 12.2 Å². The summed E-state index contributed by atoms with van der Waals surface area (Å²) in [5.74, 6) is -0.385. The van der Waals surface area contributed by atoms with Crippen LogP contribution in [0.2, 0.25) is 0 Å². The molecule has 0 atom stereocenters. The Morgan fingerprint density at radius 1 is 1.46 bits per heavy atom. The van der Waals surface area contributed by atoms with Crippen molar-refractivity contribution in [3.63, 3.8) is 0 Å². The van der Waals surface area contributed by atoms with Crippen LogP contribution in [0.4, 0.5) is 4.39 Å². The summed E-state index contributed by atoms with van der Waals surface area (Å²) in [6.45, 7) is 3.55. The van der Waals surface area contributed by atoms with E-state index in [4.69, 9.17) is 0 Å². The van der Waals surface area contributed by atoms with Crippen LogP contribution >= 0.6 is 0 Å². The van der Waals surface area contributed by atoms with Gasteiger partial charge in [-0.1, -0.05) is 12.7 Å². The highest BCUT2D eigenvalue weighted by Crippen LogP contribution is 2.25. The SMILES string of the molecule is C=C1NC2=CC=C(F)CC=C2C1=O. The number of carbonyl (C=O) groups is 1. The fourth-order valence-electron chi connectivity index (χ4n) is 1.35. The van der Waals surface area contributed by atoms with Crippen LogP contribution in [0.1, 0.15) is 6.42 Å². The molecule has 1 saturated heterocycles. The average molecular weight is 177 g/mol. The summed E-state index contributed by atoms with van der Waals surface area (Å²) in [7, 11) is 0. The molecule has 1 heterocycles. The molecule has 0 spiro atoms. The van der Waals surface area contributed by atoms with E-state index in [0.29, 0.717) is 17.0 Å². The highest BCUT2D eigenvalue weighted by atomic mass is 19.1. The van der Waals surface area contributed by atoms with Crippen LogP contribution in [0.25, 0.3) is 0 Å². The fourth-order valence-corrected chi connectivity index (χ4v) is 1.35. The molecule has 1 N–H and O–H groups in total. The molecule has 1 aliphatic heterocycles. The number of fused-ring (bicyclic) bond motifs is 1. The van der Waals surface area contributed by atoms with Crippen molar-refractivity contribution in [2.75, 3.05) is 0 Å². The van der Waals surface area contributed by atoms with Gasteiger partial charge in [0.05, 0.1) is 5.70 Å².